The van der Waals surface area contributed by atoms with Gasteiger partial charge in [-0.05, 0) is 0 Å². The molecule has 5 nitrogen and oxygen atoms in total. The van der Waals surface area contributed by atoms with Gasteiger partial charge in [0.2, 0.25) is 12.4 Å². The number of hydrogen-bond donors (Lipinski definition) is 1. The van der Waals surface area contributed by atoms with Crippen molar-refractivity contribution in [3.8, 4) is 0 Å². The molecule has 1 N–H and O–H groups in total. The Labute approximate surface area is 83.1 Å². The smallest absolute Gasteiger partial charge is 0.232 e. The average Bonchev–Trinajstić information content (AvgIpc) is 2.04. The lowest BCUT2D eigenvalue weighted by Gasteiger charge is -2.00. The standard InChI is InChI=1S/C6H3Cl2N3O2/c7-4-3(1-12)5(8)11-6(10-4)9-2-13/h1-2H,(H,9,10,11,13). The van der Waals surface area contributed by atoms with E-state index in [-0.39, 0.29) is 21.8 Å². The molecule has 0 aliphatic rings. The number of aldehydes is 1. The number of amides is 1. The van der Waals surface area contributed by atoms with Crippen molar-refractivity contribution in [3.05, 3.63) is 15.9 Å². The zero-order valence-electron chi connectivity index (χ0n) is 6.12. The van der Waals surface area contributed by atoms with E-state index in [1.807, 2.05) is 0 Å². The summed E-state index contributed by atoms with van der Waals surface area (Å²) in [6.45, 7) is 0. The fourth-order valence-corrected chi connectivity index (χ4v) is 1.11. The van der Waals surface area contributed by atoms with Crippen LogP contribution in [0.15, 0.2) is 0 Å². The van der Waals surface area contributed by atoms with Crippen LogP contribution in [-0.4, -0.2) is 22.7 Å². The number of nitrogens with one attached hydrogen (secondary N) is 1. The number of hydrogen-bond acceptors (Lipinski definition) is 4. The first-order valence-corrected chi connectivity index (χ1v) is 3.83. The molecule has 1 heterocycles. The molecule has 0 saturated heterocycles. The molecule has 0 atom stereocenters. The van der Waals surface area contributed by atoms with E-state index in [2.05, 4.69) is 15.3 Å². The van der Waals surface area contributed by atoms with Crippen molar-refractivity contribution in [1.82, 2.24) is 9.97 Å². The zero-order valence-corrected chi connectivity index (χ0v) is 7.63. The molecule has 68 valence electrons. The molecule has 0 unspecified atom stereocenters. The molecule has 0 radical (unpaired) electrons. The molecule has 0 aliphatic carbocycles. The van der Waals surface area contributed by atoms with Gasteiger partial charge >= 0.3 is 0 Å². The van der Waals surface area contributed by atoms with Gasteiger partial charge in [0.25, 0.3) is 0 Å². The van der Waals surface area contributed by atoms with Crippen molar-refractivity contribution in [2.75, 3.05) is 5.32 Å². The van der Waals surface area contributed by atoms with Crippen molar-refractivity contribution in [2.24, 2.45) is 0 Å². The van der Waals surface area contributed by atoms with Gasteiger partial charge in [0.15, 0.2) is 6.29 Å². The minimum Gasteiger partial charge on any atom is -0.298 e. The van der Waals surface area contributed by atoms with E-state index in [0.717, 1.165) is 0 Å². The first-order valence-electron chi connectivity index (χ1n) is 3.07. The third-order valence-corrected chi connectivity index (χ3v) is 1.73. The molecule has 0 aromatic carbocycles. The summed E-state index contributed by atoms with van der Waals surface area (Å²) in [6.07, 6.45) is 0.817. The Morgan fingerprint density at radius 1 is 1.15 bits per heavy atom. The maximum Gasteiger partial charge on any atom is 0.232 e. The quantitative estimate of drug-likeness (QED) is 0.612. The maximum atomic E-state index is 10.4. The Morgan fingerprint density at radius 3 is 2.08 bits per heavy atom. The van der Waals surface area contributed by atoms with Crippen molar-refractivity contribution < 1.29 is 9.59 Å². The van der Waals surface area contributed by atoms with Crippen LogP contribution in [0.3, 0.4) is 0 Å². The van der Waals surface area contributed by atoms with Crippen molar-refractivity contribution in [2.45, 2.75) is 0 Å². The predicted molar refractivity (Wildman–Crippen MR) is 47.1 cm³/mol. The molecular formula is C6H3Cl2N3O2. The van der Waals surface area contributed by atoms with E-state index in [4.69, 9.17) is 23.2 Å². The lowest BCUT2D eigenvalue weighted by molar-refractivity contribution is -0.105. The van der Waals surface area contributed by atoms with E-state index in [1.165, 1.54) is 0 Å². The molecule has 0 aliphatic heterocycles. The van der Waals surface area contributed by atoms with Gasteiger partial charge in [0.1, 0.15) is 10.3 Å². The minimum absolute atomic E-state index is 0.000202. The summed E-state index contributed by atoms with van der Waals surface area (Å²) in [5.41, 5.74) is -0.000202. The van der Waals surface area contributed by atoms with Gasteiger partial charge < -0.3 is 0 Å². The van der Waals surface area contributed by atoms with E-state index in [1.54, 1.807) is 0 Å². The molecule has 1 aromatic heterocycles. The monoisotopic (exact) mass is 219 g/mol. The van der Waals surface area contributed by atoms with Crippen LogP contribution in [0.1, 0.15) is 10.4 Å². The van der Waals surface area contributed by atoms with Crippen LogP contribution < -0.4 is 5.32 Å². The Balaban J connectivity index is 3.19. The molecule has 13 heavy (non-hydrogen) atoms. The molecule has 7 heteroatoms. The molecule has 1 amide bonds. The third-order valence-electron chi connectivity index (χ3n) is 1.16. The number of anilines is 1. The van der Waals surface area contributed by atoms with Crippen molar-refractivity contribution >= 4 is 41.8 Å². The van der Waals surface area contributed by atoms with Gasteiger partial charge in [0, 0.05) is 0 Å². The minimum atomic E-state index is -0.0978. The fraction of sp³-hybridized carbons (Fsp3) is 0. The summed E-state index contributed by atoms with van der Waals surface area (Å²) in [5.74, 6) is -0.0457. The second-order valence-electron chi connectivity index (χ2n) is 1.92. The van der Waals surface area contributed by atoms with Gasteiger partial charge in [-0.3, -0.25) is 14.9 Å². The molecule has 1 aromatic rings. The van der Waals surface area contributed by atoms with E-state index in [0.29, 0.717) is 12.7 Å². The number of halogens is 2. The summed E-state index contributed by atoms with van der Waals surface area (Å²) in [5, 5.41) is 1.96. The van der Waals surface area contributed by atoms with Gasteiger partial charge in [-0.1, -0.05) is 23.2 Å². The van der Waals surface area contributed by atoms with Gasteiger partial charge in [0.05, 0.1) is 5.56 Å². The topological polar surface area (TPSA) is 72.0 Å². The first kappa shape index (κ1) is 9.88. The van der Waals surface area contributed by atoms with Crippen LogP contribution >= 0.6 is 23.2 Å². The predicted octanol–water partition coefficient (Wildman–Crippen LogP) is 1.16. The van der Waals surface area contributed by atoms with Crippen LogP contribution in [0, 0.1) is 0 Å². The first-order chi connectivity index (χ1) is 6.19. The summed E-state index contributed by atoms with van der Waals surface area (Å²) in [4.78, 5) is 27.6. The Hall–Kier alpha value is -1.20. The normalized spacial score (nSPS) is 9.38. The Bertz CT molecular complexity index is 333. The highest BCUT2D eigenvalue weighted by Gasteiger charge is 2.09. The van der Waals surface area contributed by atoms with Gasteiger partial charge in [-0.15, -0.1) is 0 Å². The highest BCUT2D eigenvalue weighted by Crippen LogP contribution is 2.20. The highest BCUT2D eigenvalue weighted by molar-refractivity contribution is 6.37. The fourth-order valence-electron chi connectivity index (χ4n) is 0.631. The average molecular weight is 220 g/mol. The third kappa shape index (κ3) is 2.13. The zero-order chi connectivity index (χ0) is 9.84. The number of rotatable bonds is 3. The van der Waals surface area contributed by atoms with Crippen LogP contribution in [-0.2, 0) is 4.79 Å². The lowest BCUT2D eigenvalue weighted by atomic mass is 10.4. The summed E-state index contributed by atoms with van der Waals surface area (Å²) in [7, 11) is 0. The number of aromatic nitrogens is 2. The maximum absolute atomic E-state index is 10.4. The van der Waals surface area contributed by atoms with Crippen LogP contribution in [0.4, 0.5) is 5.95 Å². The number of nitrogens with zero attached hydrogens (tertiary/aromatic N) is 2. The molecule has 1 rings (SSSR count). The SMILES string of the molecule is O=CNc1nc(Cl)c(C=O)c(Cl)n1. The summed E-state index contributed by atoms with van der Waals surface area (Å²) < 4.78 is 0. The molecule has 0 saturated carbocycles. The van der Waals surface area contributed by atoms with Crippen LogP contribution in [0.5, 0.6) is 0 Å². The molecule has 0 spiro atoms. The number of carbonyl (C=O) groups is 2. The van der Waals surface area contributed by atoms with E-state index < -0.39 is 0 Å². The van der Waals surface area contributed by atoms with Crippen LogP contribution in [0.25, 0.3) is 0 Å². The second-order valence-corrected chi connectivity index (χ2v) is 2.64. The van der Waals surface area contributed by atoms with Crippen LogP contribution in [0.2, 0.25) is 10.3 Å². The lowest BCUT2D eigenvalue weighted by Crippen LogP contribution is -2.02. The van der Waals surface area contributed by atoms with Gasteiger partial charge in [-0.25, -0.2) is 0 Å². The highest BCUT2D eigenvalue weighted by atomic mass is 35.5. The van der Waals surface area contributed by atoms with Crippen molar-refractivity contribution in [3.63, 3.8) is 0 Å². The summed E-state index contributed by atoms with van der Waals surface area (Å²) in [6, 6.07) is 0. The Morgan fingerprint density at radius 2 is 1.69 bits per heavy atom. The molecular weight excluding hydrogens is 217 g/mol. The van der Waals surface area contributed by atoms with E-state index in [9.17, 15) is 9.59 Å². The molecule has 0 fully saturated rings. The van der Waals surface area contributed by atoms with Crippen molar-refractivity contribution in [1.29, 1.82) is 0 Å². The molecule has 0 bridgehead atoms. The second kappa shape index (κ2) is 4.15. The van der Waals surface area contributed by atoms with Gasteiger partial charge in [-0.2, -0.15) is 9.97 Å². The Kier molecular flexibility index (Phi) is 3.16. The van der Waals surface area contributed by atoms with E-state index >= 15 is 0 Å². The number of carbonyl (C=O) groups excluding carboxylic acids is 2. The largest absolute Gasteiger partial charge is 0.298 e. The summed E-state index contributed by atoms with van der Waals surface area (Å²) >= 11 is 11.1.